The Morgan fingerprint density at radius 3 is 2.58 bits per heavy atom. The number of hydrogen-bond donors (Lipinski definition) is 1. The number of aliphatic hydroxyl groups excluding tert-OH is 1. The molecule has 0 saturated heterocycles. The predicted octanol–water partition coefficient (Wildman–Crippen LogP) is 2.06. The van der Waals surface area contributed by atoms with E-state index in [9.17, 15) is 5.11 Å². The molecule has 1 aliphatic heterocycles. The molecule has 1 heterocycles. The van der Waals surface area contributed by atoms with Crippen molar-refractivity contribution in [1.82, 2.24) is 0 Å². The first-order valence-corrected chi connectivity index (χ1v) is 6.94. The van der Waals surface area contributed by atoms with Gasteiger partial charge >= 0.3 is 0 Å². The van der Waals surface area contributed by atoms with Crippen LogP contribution in [0.2, 0.25) is 0 Å². The topological polar surface area (TPSA) is 41.9 Å². The standard InChI is InChI=1S/C15H21NO3/c1-16(10-15(11-17)5-2-6-15)12-3-4-13-14(9-12)19-8-7-18-13/h3-4,9,17H,2,5-8,10-11H2,1H3. The minimum absolute atomic E-state index is 0.0992. The summed E-state index contributed by atoms with van der Waals surface area (Å²) in [6.07, 6.45) is 3.48. The van der Waals surface area contributed by atoms with Gasteiger partial charge in [0, 0.05) is 30.8 Å². The number of ether oxygens (including phenoxy) is 2. The molecule has 0 atom stereocenters. The normalized spacial score (nSPS) is 19.7. The van der Waals surface area contributed by atoms with Crippen molar-refractivity contribution in [2.45, 2.75) is 19.3 Å². The second kappa shape index (κ2) is 4.93. The molecule has 3 rings (SSSR count). The van der Waals surface area contributed by atoms with Gasteiger partial charge in [-0.2, -0.15) is 0 Å². The molecule has 104 valence electrons. The van der Waals surface area contributed by atoms with Gasteiger partial charge in [-0.1, -0.05) is 6.42 Å². The average Bonchev–Trinajstić information content (AvgIpc) is 2.42. The van der Waals surface area contributed by atoms with Gasteiger partial charge in [-0.3, -0.25) is 0 Å². The Kier molecular flexibility index (Phi) is 3.27. The molecule has 0 radical (unpaired) electrons. The highest BCUT2D eigenvalue weighted by atomic mass is 16.6. The fraction of sp³-hybridized carbons (Fsp3) is 0.600. The van der Waals surface area contributed by atoms with Crippen LogP contribution in [0.3, 0.4) is 0 Å². The largest absolute Gasteiger partial charge is 0.486 e. The van der Waals surface area contributed by atoms with Gasteiger partial charge in [-0.05, 0) is 25.0 Å². The van der Waals surface area contributed by atoms with Crippen molar-refractivity contribution in [2.24, 2.45) is 5.41 Å². The fourth-order valence-corrected chi connectivity index (χ4v) is 2.91. The average molecular weight is 263 g/mol. The van der Waals surface area contributed by atoms with Crippen LogP contribution in [0.1, 0.15) is 19.3 Å². The lowest BCUT2D eigenvalue weighted by molar-refractivity contribution is 0.0524. The van der Waals surface area contributed by atoms with E-state index in [1.165, 1.54) is 6.42 Å². The molecule has 0 bridgehead atoms. The maximum Gasteiger partial charge on any atom is 0.163 e. The van der Waals surface area contributed by atoms with Crippen molar-refractivity contribution in [2.75, 3.05) is 38.3 Å². The summed E-state index contributed by atoms with van der Waals surface area (Å²) in [5.74, 6) is 1.64. The summed E-state index contributed by atoms with van der Waals surface area (Å²) < 4.78 is 11.1. The Morgan fingerprint density at radius 2 is 1.95 bits per heavy atom. The summed E-state index contributed by atoms with van der Waals surface area (Å²) in [5.41, 5.74) is 1.21. The van der Waals surface area contributed by atoms with E-state index in [1.807, 2.05) is 12.1 Å². The van der Waals surface area contributed by atoms with Crippen molar-refractivity contribution in [1.29, 1.82) is 0 Å². The van der Waals surface area contributed by atoms with Gasteiger partial charge in [-0.15, -0.1) is 0 Å². The van der Waals surface area contributed by atoms with Gasteiger partial charge in [0.05, 0.1) is 6.61 Å². The van der Waals surface area contributed by atoms with E-state index in [4.69, 9.17) is 9.47 Å². The number of anilines is 1. The van der Waals surface area contributed by atoms with Crippen molar-refractivity contribution in [3.05, 3.63) is 18.2 Å². The Balaban J connectivity index is 1.74. The minimum atomic E-state index is 0.0992. The van der Waals surface area contributed by atoms with E-state index in [0.29, 0.717) is 13.2 Å². The van der Waals surface area contributed by atoms with E-state index in [0.717, 1.165) is 36.6 Å². The molecule has 0 unspecified atom stereocenters. The molecule has 2 aliphatic rings. The third-order valence-electron chi connectivity index (χ3n) is 4.29. The number of benzene rings is 1. The summed E-state index contributed by atoms with van der Waals surface area (Å²) in [6, 6.07) is 6.04. The maximum atomic E-state index is 9.55. The van der Waals surface area contributed by atoms with E-state index in [1.54, 1.807) is 0 Å². The van der Waals surface area contributed by atoms with Crippen LogP contribution in [0.5, 0.6) is 11.5 Å². The van der Waals surface area contributed by atoms with Crippen LogP contribution >= 0.6 is 0 Å². The lowest BCUT2D eigenvalue weighted by atomic mass is 9.69. The van der Waals surface area contributed by atoms with Crippen molar-refractivity contribution in [3.63, 3.8) is 0 Å². The first-order valence-electron chi connectivity index (χ1n) is 6.94. The van der Waals surface area contributed by atoms with E-state index in [-0.39, 0.29) is 12.0 Å². The predicted molar refractivity (Wildman–Crippen MR) is 74.1 cm³/mol. The lowest BCUT2D eigenvalue weighted by Gasteiger charge is -2.43. The zero-order valence-corrected chi connectivity index (χ0v) is 11.4. The number of hydrogen-bond acceptors (Lipinski definition) is 4. The molecular formula is C15H21NO3. The second-order valence-corrected chi connectivity index (χ2v) is 5.70. The molecule has 1 aromatic rings. The Hall–Kier alpha value is -1.42. The van der Waals surface area contributed by atoms with Crippen LogP contribution in [-0.2, 0) is 0 Å². The van der Waals surface area contributed by atoms with Crippen molar-refractivity contribution in [3.8, 4) is 11.5 Å². The summed E-state index contributed by atoms with van der Waals surface area (Å²) in [5, 5.41) is 9.55. The number of rotatable bonds is 4. The van der Waals surface area contributed by atoms with Crippen LogP contribution in [0.15, 0.2) is 18.2 Å². The second-order valence-electron chi connectivity index (χ2n) is 5.70. The highest BCUT2D eigenvalue weighted by Crippen LogP contribution is 2.42. The Labute approximate surface area is 113 Å². The fourth-order valence-electron chi connectivity index (χ4n) is 2.91. The van der Waals surface area contributed by atoms with Crippen LogP contribution in [-0.4, -0.2) is 38.5 Å². The quantitative estimate of drug-likeness (QED) is 0.903. The van der Waals surface area contributed by atoms with Crippen LogP contribution in [0.4, 0.5) is 5.69 Å². The van der Waals surface area contributed by atoms with Crippen molar-refractivity contribution < 1.29 is 14.6 Å². The zero-order chi connectivity index (χ0) is 13.3. The zero-order valence-electron chi connectivity index (χ0n) is 11.4. The third kappa shape index (κ3) is 2.37. The highest BCUT2D eigenvalue weighted by molar-refractivity contribution is 5.56. The van der Waals surface area contributed by atoms with E-state index < -0.39 is 0 Å². The van der Waals surface area contributed by atoms with Gasteiger partial charge in [0.1, 0.15) is 13.2 Å². The molecule has 4 heteroatoms. The number of nitrogens with zero attached hydrogens (tertiary/aromatic N) is 1. The Bertz CT molecular complexity index is 451. The summed E-state index contributed by atoms with van der Waals surface area (Å²) in [6.45, 7) is 2.40. The first-order chi connectivity index (χ1) is 9.22. The van der Waals surface area contributed by atoms with Crippen LogP contribution < -0.4 is 14.4 Å². The molecule has 19 heavy (non-hydrogen) atoms. The summed E-state index contributed by atoms with van der Waals surface area (Å²) >= 11 is 0. The monoisotopic (exact) mass is 263 g/mol. The SMILES string of the molecule is CN(CC1(CO)CCC1)c1ccc2c(c1)OCCO2. The van der Waals surface area contributed by atoms with Crippen LogP contribution in [0.25, 0.3) is 0 Å². The minimum Gasteiger partial charge on any atom is -0.486 e. The van der Waals surface area contributed by atoms with Gasteiger partial charge in [0.2, 0.25) is 0 Å². The van der Waals surface area contributed by atoms with E-state index in [2.05, 4.69) is 18.0 Å². The lowest BCUT2D eigenvalue weighted by Crippen LogP contribution is -2.43. The molecule has 1 aliphatic carbocycles. The summed E-state index contributed by atoms with van der Waals surface area (Å²) in [4.78, 5) is 2.20. The molecule has 0 amide bonds. The van der Waals surface area contributed by atoms with Gasteiger partial charge in [0.15, 0.2) is 11.5 Å². The molecule has 1 N–H and O–H groups in total. The number of fused-ring (bicyclic) bond motifs is 1. The Morgan fingerprint density at radius 1 is 1.21 bits per heavy atom. The van der Waals surface area contributed by atoms with Crippen molar-refractivity contribution >= 4 is 5.69 Å². The number of aliphatic hydroxyl groups is 1. The summed E-state index contributed by atoms with van der Waals surface area (Å²) in [7, 11) is 2.07. The smallest absolute Gasteiger partial charge is 0.163 e. The van der Waals surface area contributed by atoms with Crippen LogP contribution in [0, 0.1) is 5.41 Å². The first kappa shape index (κ1) is 12.6. The molecule has 4 nitrogen and oxygen atoms in total. The van der Waals surface area contributed by atoms with E-state index >= 15 is 0 Å². The molecular weight excluding hydrogens is 242 g/mol. The molecule has 1 saturated carbocycles. The molecule has 0 spiro atoms. The third-order valence-corrected chi connectivity index (χ3v) is 4.29. The van der Waals surface area contributed by atoms with Gasteiger partial charge < -0.3 is 19.5 Å². The maximum absolute atomic E-state index is 9.55. The highest BCUT2D eigenvalue weighted by Gasteiger charge is 2.37. The molecule has 1 fully saturated rings. The van der Waals surface area contributed by atoms with Gasteiger partial charge in [0.25, 0.3) is 0 Å². The molecule has 0 aromatic heterocycles. The molecule has 1 aromatic carbocycles. The van der Waals surface area contributed by atoms with Gasteiger partial charge in [-0.25, -0.2) is 0 Å².